The van der Waals surface area contributed by atoms with Crippen LogP contribution in [0.15, 0.2) is 48.5 Å². The Morgan fingerprint density at radius 2 is 0.846 bits per heavy atom. The summed E-state index contributed by atoms with van der Waals surface area (Å²) in [6.07, 6.45) is 0. The largest absolute Gasteiger partial charge is 0.241 e. The van der Waals surface area contributed by atoms with Crippen LogP contribution in [0, 0.1) is 13.8 Å². The molecule has 6 rings (SSSR count). The van der Waals surface area contributed by atoms with Crippen molar-refractivity contribution < 1.29 is 0 Å². The second kappa shape index (κ2) is 5.00. The van der Waals surface area contributed by atoms with Crippen LogP contribution in [-0.2, 0) is 0 Å². The van der Waals surface area contributed by atoms with Gasteiger partial charge in [-0.15, -0.1) is 22.7 Å². The van der Waals surface area contributed by atoms with Crippen molar-refractivity contribution in [1.82, 2.24) is 9.97 Å². The molecule has 4 aromatic carbocycles. The van der Waals surface area contributed by atoms with Gasteiger partial charge in [-0.2, -0.15) is 0 Å². The third kappa shape index (κ3) is 1.86. The number of hydrogen-bond acceptors (Lipinski definition) is 4. The van der Waals surface area contributed by atoms with Gasteiger partial charge >= 0.3 is 0 Å². The van der Waals surface area contributed by atoms with E-state index in [0.717, 1.165) is 21.0 Å². The third-order valence-corrected chi connectivity index (χ3v) is 7.15. The number of aryl methyl sites for hydroxylation is 2. The van der Waals surface area contributed by atoms with Crippen molar-refractivity contribution in [3.8, 4) is 0 Å². The van der Waals surface area contributed by atoms with E-state index in [-0.39, 0.29) is 0 Å². The van der Waals surface area contributed by atoms with Crippen molar-refractivity contribution in [1.29, 1.82) is 0 Å². The number of thiazole rings is 2. The van der Waals surface area contributed by atoms with E-state index in [1.165, 1.54) is 41.7 Å². The summed E-state index contributed by atoms with van der Waals surface area (Å²) in [5.74, 6) is 0. The van der Waals surface area contributed by atoms with Gasteiger partial charge < -0.3 is 0 Å². The van der Waals surface area contributed by atoms with E-state index in [9.17, 15) is 0 Å². The minimum Gasteiger partial charge on any atom is -0.241 e. The molecule has 2 nitrogen and oxygen atoms in total. The Bertz CT molecular complexity index is 1390. The minimum atomic E-state index is 1.10. The van der Waals surface area contributed by atoms with Crippen LogP contribution >= 0.6 is 22.7 Å². The van der Waals surface area contributed by atoms with Crippen LogP contribution in [0.4, 0.5) is 0 Å². The van der Waals surface area contributed by atoms with Crippen LogP contribution in [0.25, 0.3) is 52.8 Å². The maximum atomic E-state index is 4.64. The standard InChI is InChI=1S/C22H14N2S2/c1-11-23-19-9-7-15-13-4-6-18-16(8-10-20-22(18)26-12(2)24-20)14(13)3-5-17(15)21(19)25-11/h3-10H,1-2H3. The lowest BCUT2D eigenvalue weighted by molar-refractivity contribution is 1.35. The van der Waals surface area contributed by atoms with Gasteiger partial charge in [0.1, 0.15) is 0 Å². The zero-order chi connectivity index (χ0) is 17.4. The summed E-state index contributed by atoms with van der Waals surface area (Å²) in [5.41, 5.74) is 2.20. The van der Waals surface area contributed by atoms with Crippen LogP contribution in [-0.4, -0.2) is 9.97 Å². The molecule has 0 aliphatic rings. The number of hydrogen-bond donors (Lipinski definition) is 0. The Morgan fingerprint density at radius 3 is 1.31 bits per heavy atom. The van der Waals surface area contributed by atoms with Crippen LogP contribution in [0.1, 0.15) is 10.0 Å². The van der Waals surface area contributed by atoms with Crippen molar-refractivity contribution in [2.24, 2.45) is 0 Å². The Labute approximate surface area is 157 Å². The molecular weight excluding hydrogens is 356 g/mol. The Balaban J connectivity index is 1.81. The fourth-order valence-corrected chi connectivity index (χ4v) is 5.92. The van der Waals surface area contributed by atoms with Gasteiger partial charge in [0.2, 0.25) is 0 Å². The lowest BCUT2D eigenvalue weighted by Gasteiger charge is -2.08. The number of benzene rings is 4. The van der Waals surface area contributed by atoms with Gasteiger partial charge in [0.25, 0.3) is 0 Å². The molecule has 0 aliphatic heterocycles. The highest BCUT2D eigenvalue weighted by Crippen LogP contribution is 2.39. The summed E-state index contributed by atoms with van der Waals surface area (Å²) >= 11 is 3.56. The average Bonchev–Trinajstić information content (AvgIpc) is 3.21. The monoisotopic (exact) mass is 370 g/mol. The SMILES string of the molecule is Cc1nc2ccc3c4ccc5c(ccc6nc(C)sc65)c4ccc3c2s1. The molecule has 0 amide bonds. The van der Waals surface area contributed by atoms with E-state index in [0.29, 0.717) is 0 Å². The van der Waals surface area contributed by atoms with Gasteiger partial charge in [0.15, 0.2) is 0 Å². The second-order valence-corrected chi connectivity index (χ2v) is 9.12. The molecule has 0 fully saturated rings. The van der Waals surface area contributed by atoms with E-state index >= 15 is 0 Å². The molecule has 26 heavy (non-hydrogen) atoms. The topological polar surface area (TPSA) is 25.8 Å². The maximum Gasteiger partial charge on any atom is 0.0907 e. The molecule has 0 atom stereocenters. The maximum absolute atomic E-state index is 4.64. The second-order valence-electron chi connectivity index (χ2n) is 6.71. The third-order valence-electron chi connectivity index (χ3n) is 5.11. The first-order chi connectivity index (χ1) is 12.7. The fourth-order valence-electron chi connectivity index (χ4n) is 4.03. The number of aromatic nitrogens is 2. The molecule has 0 saturated carbocycles. The Kier molecular flexibility index (Phi) is 2.80. The molecule has 0 unspecified atom stereocenters. The highest BCUT2D eigenvalue weighted by Gasteiger charge is 2.12. The Hall–Kier alpha value is -2.56. The summed E-state index contributed by atoms with van der Waals surface area (Å²) < 4.78 is 2.58. The van der Waals surface area contributed by atoms with Crippen molar-refractivity contribution in [2.45, 2.75) is 13.8 Å². The predicted octanol–water partition coefficient (Wildman–Crippen LogP) is 6.98. The summed E-state index contributed by atoms with van der Waals surface area (Å²) in [7, 11) is 0. The van der Waals surface area contributed by atoms with Gasteiger partial charge in [0, 0.05) is 10.8 Å². The van der Waals surface area contributed by atoms with Crippen LogP contribution in [0.2, 0.25) is 0 Å². The minimum absolute atomic E-state index is 1.10. The molecule has 0 N–H and O–H groups in total. The highest BCUT2D eigenvalue weighted by atomic mass is 32.1. The van der Waals surface area contributed by atoms with Crippen molar-refractivity contribution in [3.63, 3.8) is 0 Å². The first-order valence-electron chi connectivity index (χ1n) is 8.60. The Morgan fingerprint density at radius 1 is 0.500 bits per heavy atom. The summed E-state index contributed by atoms with van der Waals surface area (Å²) in [6, 6.07) is 17.8. The van der Waals surface area contributed by atoms with Gasteiger partial charge in [-0.25, -0.2) is 9.97 Å². The van der Waals surface area contributed by atoms with E-state index in [4.69, 9.17) is 0 Å². The molecule has 0 radical (unpaired) electrons. The number of rotatable bonds is 0. The first-order valence-corrected chi connectivity index (χ1v) is 10.2. The normalized spacial score (nSPS) is 12.2. The molecule has 124 valence electrons. The molecule has 2 heterocycles. The average molecular weight is 371 g/mol. The molecule has 4 heteroatoms. The molecule has 0 spiro atoms. The zero-order valence-corrected chi connectivity index (χ0v) is 16.0. The summed E-state index contributed by atoms with van der Waals surface area (Å²) in [4.78, 5) is 9.29. The van der Waals surface area contributed by atoms with Gasteiger partial charge in [0.05, 0.1) is 30.4 Å². The molecule has 0 saturated heterocycles. The molecule has 0 aliphatic carbocycles. The molecule has 6 aromatic rings. The van der Waals surface area contributed by atoms with Crippen molar-refractivity contribution >= 4 is 75.4 Å². The predicted molar refractivity (Wildman–Crippen MR) is 115 cm³/mol. The first kappa shape index (κ1) is 14.6. The summed E-state index contributed by atoms with van der Waals surface area (Å²) in [5, 5.41) is 10.1. The van der Waals surface area contributed by atoms with Gasteiger partial charge in [-0.05, 0) is 47.5 Å². The number of fused-ring (bicyclic) bond motifs is 9. The van der Waals surface area contributed by atoms with Crippen LogP contribution < -0.4 is 0 Å². The number of nitrogens with zero attached hydrogens (tertiary/aromatic N) is 2. The van der Waals surface area contributed by atoms with Crippen LogP contribution in [0.5, 0.6) is 0 Å². The van der Waals surface area contributed by atoms with E-state index in [1.807, 2.05) is 0 Å². The smallest absolute Gasteiger partial charge is 0.0907 e. The lowest BCUT2D eigenvalue weighted by atomic mass is 9.97. The van der Waals surface area contributed by atoms with Crippen molar-refractivity contribution in [2.75, 3.05) is 0 Å². The lowest BCUT2D eigenvalue weighted by Crippen LogP contribution is -1.82. The zero-order valence-electron chi connectivity index (χ0n) is 14.3. The van der Waals surface area contributed by atoms with E-state index in [1.54, 1.807) is 22.7 Å². The van der Waals surface area contributed by atoms with Crippen molar-refractivity contribution in [3.05, 3.63) is 58.5 Å². The summed E-state index contributed by atoms with van der Waals surface area (Å²) in [6.45, 7) is 4.15. The quantitative estimate of drug-likeness (QED) is 0.269. The van der Waals surface area contributed by atoms with E-state index in [2.05, 4.69) is 72.3 Å². The molecular formula is C22H14N2S2. The molecule has 0 bridgehead atoms. The fraction of sp³-hybridized carbons (Fsp3) is 0.0909. The highest BCUT2D eigenvalue weighted by molar-refractivity contribution is 7.19. The van der Waals surface area contributed by atoms with Gasteiger partial charge in [-0.1, -0.05) is 36.4 Å². The molecule has 2 aromatic heterocycles. The van der Waals surface area contributed by atoms with E-state index < -0.39 is 0 Å². The van der Waals surface area contributed by atoms with Crippen LogP contribution in [0.3, 0.4) is 0 Å². The van der Waals surface area contributed by atoms with Gasteiger partial charge in [-0.3, -0.25) is 0 Å².